The predicted molar refractivity (Wildman–Crippen MR) is 68.9 cm³/mol. The lowest BCUT2D eigenvalue weighted by Crippen LogP contribution is -2.42. The first-order valence-electron chi connectivity index (χ1n) is 7.46. The van der Waals surface area contributed by atoms with Gasteiger partial charge in [-0.05, 0) is 63.5 Å². The van der Waals surface area contributed by atoms with Crippen LogP contribution < -0.4 is 5.32 Å². The predicted octanol–water partition coefficient (Wildman–Crippen LogP) is 1.83. The second-order valence-corrected chi connectivity index (χ2v) is 6.05. The maximum absolute atomic E-state index is 5.87. The molecule has 0 aromatic rings. The van der Waals surface area contributed by atoms with Gasteiger partial charge < -0.3 is 10.1 Å². The molecule has 0 radical (unpaired) electrons. The third-order valence-electron chi connectivity index (χ3n) is 4.65. The van der Waals surface area contributed by atoms with Crippen molar-refractivity contribution in [1.29, 1.82) is 0 Å². The number of hydrogen-bond donors (Lipinski definition) is 1. The molecule has 2 aliphatic heterocycles. The highest BCUT2D eigenvalue weighted by molar-refractivity contribution is 4.86. The normalized spacial score (nSPS) is 32.1. The highest BCUT2D eigenvalue weighted by Crippen LogP contribution is 2.31. The first-order chi connectivity index (χ1) is 8.43. The molecule has 2 saturated heterocycles. The molecular weight excluding hydrogens is 212 g/mol. The van der Waals surface area contributed by atoms with E-state index in [0.29, 0.717) is 0 Å². The van der Waals surface area contributed by atoms with Gasteiger partial charge in [-0.3, -0.25) is 4.90 Å². The highest BCUT2D eigenvalue weighted by Gasteiger charge is 2.32. The van der Waals surface area contributed by atoms with Crippen molar-refractivity contribution in [3.63, 3.8) is 0 Å². The van der Waals surface area contributed by atoms with E-state index in [0.717, 1.165) is 31.2 Å². The summed E-state index contributed by atoms with van der Waals surface area (Å²) in [4.78, 5) is 2.61. The maximum Gasteiger partial charge on any atom is 0.0992 e. The third kappa shape index (κ3) is 3.21. The average molecular weight is 238 g/mol. The Morgan fingerprint density at radius 2 is 1.88 bits per heavy atom. The van der Waals surface area contributed by atoms with Crippen LogP contribution in [0.2, 0.25) is 0 Å². The summed E-state index contributed by atoms with van der Waals surface area (Å²) in [6.45, 7) is 5.61. The van der Waals surface area contributed by atoms with Crippen molar-refractivity contribution < 1.29 is 4.74 Å². The van der Waals surface area contributed by atoms with E-state index >= 15 is 0 Å². The molecule has 0 aromatic carbocycles. The first kappa shape index (κ1) is 11.9. The Morgan fingerprint density at radius 3 is 2.65 bits per heavy atom. The quantitative estimate of drug-likeness (QED) is 0.791. The fraction of sp³-hybridized carbons (Fsp3) is 1.00. The van der Waals surface area contributed by atoms with Gasteiger partial charge in [0.05, 0.1) is 13.3 Å². The van der Waals surface area contributed by atoms with Crippen LogP contribution in [0.25, 0.3) is 0 Å². The Morgan fingerprint density at radius 1 is 1.06 bits per heavy atom. The van der Waals surface area contributed by atoms with E-state index in [4.69, 9.17) is 4.74 Å². The zero-order valence-corrected chi connectivity index (χ0v) is 10.9. The molecule has 1 aliphatic carbocycles. The molecule has 0 bridgehead atoms. The summed E-state index contributed by atoms with van der Waals surface area (Å²) in [5.74, 6) is 1.82. The molecule has 2 heterocycles. The summed E-state index contributed by atoms with van der Waals surface area (Å²) in [6.07, 6.45) is 8.31. The van der Waals surface area contributed by atoms with E-state index in [1.54, 1.807) is 0 Å². The van der Waals surface area contributed by atoms with Crippen molar-refractivity contribution >= 4 is 0 Å². The summed E-state index contributed by atoms with van der Waals surface area (Å²) in [5.41, 5.74) is 0. The molecule has 0 aromatic heterocycles. The summed E-state index contributed by atoms with van der Waals surface area (Å²) in [7, 11) is 0. The number of piperidine rings is 1. The van der Waals surface area contributed by atoms with Gasteiger partial charge in [-0.15, -0.1) is 0 Å². The number of rotatable bonds is 5. The van der Waals surface area contributed by atoms with Crippen LogP contribution in [0.3, 0.4) is 0 Å². The molecule has 1 atom stereocenters. The van der Waals surface area contributed by atoms with Gasteiger partial charge in [0.1, 0.15) is 0 Å². The van der Waals surface area contributed by atoms with Gasteiger partial charge in [-0.25, -0.2) is 0 Å². The lowest BCUT2D eigenvalue weighted by molar-refractivity contribution is 0.000997. The van der Waals surface area contributed by atoms with Crippen LogP contribution in [0.4, 0.5) is 0 Å². The van der Waals surface area contributed by atoms with Crippen LogP contribution in [0.15, 0.2) is 0 Å². The lowest BCUT2D eigenvalue weighted by atomic mass is 9.89. The fourth-order valence-electron chi connectivity index (χ4n) is 3.40. The number of ether oxygens (including phenoxy) is 1. The van der Waals surface area contributed by atoms with Crippen LogP contribution in [-0.2, 0) is 4.74 Å². The zero-order chi connectivity index (χ0) is 11.5. The van der Waals surface area contributed by atoms with Crippen molar-refractivity contribution in [2.45, 2.75) is 44.6 Å². The Bertz CT molecular complexity index is 236. The van der Waals surface area contributed by atoms with Crippen molar-refractivity contribution in [3.05, 3.63) is 0 Å². The molecule has 0 amide bonds. The topological polar surface area (TPSA) is 24.5 Å². The van der Waals surface area contributed by atoms with Crippen LogP contribution in [0.1, 0.15) is 38.5 Å². The van der Waals surface area contributed by atoms with E-state index in [2.05, 4.69) is 10.2 Å². The Kier molecular flexibility index (Phi) is 3.99. The van der Waals surface area contributed by atoms with E-state index < -0.39 is 0 Å². The van der Waals surface area contributed by atoms with Crippen LogP contribution in [0.5, 0.6) is 0 Å². The lowest BCUT2D eigenvalue weighted by Gasteiger charge is -2.34. The fourth-order valence-corrected chi connectivity index (χ4v) is 3.40. The summed E-state index contributed by atoms with van der Waals surface area (Å²) in [6, 6.07) is 0.816. The van der Waals surface area contributed by atoms with Gasteiger partial charge in [0.2, 0.25) is 0 Å². The number of likely N-dealkylation sites (tertiary alicyclic amines) is 1. The molecule has 17 heavy (non-hydrogen) atoms. The standard InChI is InChI=1S/C14H26N2O/c1-2-14(13-5-7-15-8-6-13)16(9-1)11-17-10-12-3-4-12/h12-15H,1-11H2. The molecule has 1 N–H and O–H groups in total. The zero-order valence-electron chi connectivity index (χ0n) is 10.9. The Labute approximate surface area is 105 Å². The summed E-state index contributed by atoms with van der Waals surface area (Å²) >= 11 is 0. The second-order valence-electron chi connectivity index (χ2n) is 6.05. The van der Waals surface area contributed by atoms with E-state index in [1.807, 2.05) is 0 Å². The first-order valence-corrected chi connectivity index (χ1v) is 7.46. The monoisotopic (exact) mass is 238 g/mol. The van der Waals surface area contributed by atoms with Crippen LogP contribution >= 0.6 is 0 Å². The third-order valence-corrected chi connectivity index (χ3v) is 4.65. The molecular formula is C14H26N2O. The van der Waals surface area contributed by atoms with E-state index in [9.17, 15) is 0 Å². The van der Waals surface area contributed by atoms with Gasteiger partial charge >= 0.3 is 0 Å². The Balaban J connectivity index is 1.44. The van der Waals surface area contributed by atoms with Crippen LogP contribution in [0, 0.1) is 11.8 Å². The smallest absolute Gasteiger partial charge is 0.0992 e. The van der Waals surface area contributed by atoms with Crippen molar-refractivity contribution in [2.75, 3.05) is 33.0 Å². The van der Waals surface area contributed by atoms with Gasteiger partial charge in [0.15, 0.2) is 0 Å². The van der Waals surface area contributed by atoms with Gasteiger partial charge in [-0.1, -0.05) is 0 Å². The molecule has 0 spiro atoms. The van der Waals surface area contributed by atoms with Crippen molar-refractivity contribution in [1.82, 2.24) is 10.2 Å². The van der Waals surface area contributed by atoms with Crippen molar-refractivity contribution in [3.8, 4) is 0 Å². The summed E-state index contributed by atoms with van der Waals surface area (Å²) < 4.78 is 5.87. The largest absolute Gasteiger partial charge is 0.366 e. The Hall–Kier alpha value is -0.120. The minimum absolute atomic E-state index is 0.816. The molecule has 1 unspecified atom stereocenters. The highest BCUT2D eigenvalue weighted by atomic mass is 16.5. The minimum atomic E-state index is 0.816. The van der Waals surface area contributed by atoms with Crippen molar-refractivity contribution in [2.24, 2.45) is 11.8 Å². The average Bonchev–Trinajstić information content (AvgIpc) is 3.07. The van der Waals surface area contributed by atoms with Gasteiger partial charge in [0.25, 0.3) is 0 Å². The van der Waals surface area contributed by atoms with Gasteiger partial charge in [0, 0.05) is 12.6 Å². The molecule has 3 heteroatoms. The molecule has 3 rings (SSSR count). The second kappa shape index (κ2) is 5.68. The number of hydrogen-bond acceptors (Lipinski definition) is 3. The maximum atomic E-state index is 5.87. The molecule has 1 saturated carbocycles. The number of nitrogens with one attached hydrogen (secondary N) is 1. The number of nitrogens with zero attached hydrogens (tertiary/aromatic N) is 1. The van der Waals surface area contributed by atoms with E-state index in [1.165, 1.54) is 58.2 Å². The van der Waals surface area contributed by atoms with Gasteiger partial charge in [-0.2, -0.15) is 0 Å². The molecule has 3 nitrogen and oxygen atoms in total. The molecule has 98 valence electrons. The van der Waals surface area contributed by atoms with E-state index in [-0.39, 0.29) is 0 Å². The SMILES string of the molecule is C1CC(C2CCNCC2)N(COCC2CC2)C1. The summed E-state index contributed by atoms with van der Waals surface area (Å²) in [5, 5.41) is 3.47. The van der Waals surface area contributed by atoms with Crippen LogP contribution in [-0.4, -0.2) is 43.9 Å². The molecule has 3 fully saturated rings. The minimum Gasteiger partial charge on any atom is -0.366 e. The molecule has 3 aliphatic rings.